The van der Waals surface area contributed by atoms with Crippen molar-refractivity contribution in [2.75, 3.05) is 13.4 Å². The molecule has 2 nitrogen and oxygen atoms in total. The van der Waals surface area contributed by atoms with Gasteiger partial charge in [-0.2, -0.15) is 0 Å². The maximum atomic E-state index is 5.42. The summed E-state index contributed by atoms with van der Waals surface area (Å²) < 4.78 is 11.7. The van der Waals surface area contributed by atoms with Gasteiger partial charge in [0, 0.05) is 11.1 Å². The van der Waals surface area contributed by atoms with Gasteiger partial charge in [-0.15, -0.1) is 0 Å². The van der Waals surface area contributed by atoms with Crippen molar-refractivity contribution < 1.29 is 9.47 Å². The van der Waals surface area contributed by atoms with E-state index in [-0.39, 0.29) is 0 Å². The van der Waals surface area contributed by atoms with Crippen molar-refractivity contribution in [1.29, 1.82) is 0 Å². The Morgan fingerprint density at radius 1 is 1.21 bits per heavy atom. The molecule has 1 aromatic rings. The van der Waals surface area contributed by atoms with Gasteiger partial charge >= 0.3 is 0 Å². The zero-order valence-electron chi connectivity index (χ0n) is 8.76. The Labute approximate surface area is 93.4 Å². The summed E-state index contributed by atoms with van der Waals surface area (Å²) >= 11 is 3.51. The molecule has 0 saturated heterocycles. The van der Waals surface area contributed by atoms with Gasteiger partial charge in [0.05, 0.1) is 0 Å². The van der Waals surface area contributed by atoms with Crippen LogP contribution in [0.3, 0.4) is 0 Å². The molecule has 0 atom stereocenters. The van der Waals surface area contributed by atoms with Crippen molar-refractivity contribution in [3.05, 3.63) is 27.7 Å². The molecule has 1 aromatic carbocycles. The van der Waals surface area contributed by atoms with Gasteiger partial charge in [0.1, 0.15) is 5.75 Å². The molecule has 0 amide bonds. The number of hydrogen-bond donors (Lipinski definition) is 0. The molecule has 0 aliphatic rings. The number of ether oxygens (including phenoxy) is 2. The minimum absolute atomic E-state index is 0.316. The van der Waals surface area contributed by atoms with Gasteiger partial charge in [-0.05, 0) is 44.0 Å². The first-order valence-corrected chi connectivity index (χ1v) is 5.41. The van der Waals surface area contributed by atoms with Crippen molar-refractivity contribution in [1.82, 2.24) is 0 Å². The largest absolute Gasteiger partial charge is 0.468 e. The number of benzene rings is 1. The van der Waals surface area contributed by atoms with Crippen LogP contribution in [0.2, 0.25) is 0 Å². The molecule has 0 aliphatic heterocycles. The second kappa shape index (κ2) is 5.37. The lowest BCUT2D eigenvalue weighted by atomic mass is 10.1. The summed E-state index contributed by atoms with van der Waals surface area (Å²) in [5.41, 5.74) is 2.35. The lowest BCUT2D eigenvalue weighted by Gasteiger charge is -2.09. The van der Waals surface area contributed by atoms with Crippen LogP contribution in [0.25, 0.3) is 0 Å². The Morgan fingerprint density at radius 2 is 1.79 bits per heavy atom. The Morgan fingerprint density at radius 3 is 2.29 bits per heavy atom. The molecule has 0 radical (unpaired) electrons. The Bertz CT molecular complexity index is 287. The average Bonchev–Trinajstić information content (AvgIpc) is 2.14. The summed E-state index contributed by atoms with van der Waals surface area (Å²) in [7, 11) is 0. The zero-order valence-corrected chi connectivity index (χ0v) is 10.3. The standard InChI is InChI=1S/C11H15BrO2/c1-4-13-7-14-10-5-8(2)11(12)9(3)6-10/h5-6H,4,7H2,1-3H3. The maximum Gasteiger partial charge on any atom is 0.189 e. The minimum atomic E-state index is 0.316. The van der Waals surface area contributed by atoms with Crippen LogP contribution in [0, 0.1) is 13.8 Å². The van der Waals surface area contributed by atoms with Gasteiger partial charge in [0.25, 0.3) is 0 Å². The molecule has 0 aliphatic carbocycles. The van der Waals surface area contributed by atoms with Crippen LogP contribution >= 0.6 is 15.9 Å². The molecule has 0 aromatic heterocycles. The van der Waals surface area contributed by atoms with Crippen molar-refractivity contribution in [2.24, 2.45) is 0 Å². The fourth-order valence-electron chi connectivity index (χ4n) is 1.18. The van der Waals surface area contributed by atoms with E-state index in [0.717, 1.165) is 10.2 Å². The summed E-state index contributed by atoms with van der Waals surface area (Å²) in [6.45, 7) is 7.03. The van der Waals surface area contributed by atoms with Gasteiger partial charge in [0.2, 0.25) is 0 Å². The molecular weight excluding hydrogens is 244 g/mol. The Balaban J connectivity index is 2.69. The van der Waals surface area contributed by atoms with Crippen LogP contribution in [0.4, 0.5) is 0 Å². The van der Waals surface area contributed by atoms with E-state index in [1.165, 1.54) is 11.1 Å². The van der Waals surface area contributed by atoms with Gasteiger partial charge in [-0.1, -0.05) is 15.9 Å². The first-order chi connectivity index (χ1) is 6.65. The maximum absolute atomic E-state index is 5.42. The van der Waals surface area contributed by atoms with Crippen molar-refractivity contribution in [3.63, 3.8) is 0 Å². The molecule has 0 unspecified atom stereocenters. The zero-order chi connectivity index (χ0) is 10.6. The number of aryl methyl sites for hydroxylation is 2. The first kappa shape index (κ1) is 11.5. The molecule has 3 heteroatoms. The van der Waals surface area contributed by atoms with Crippen LogP contribution in [0.15, 0.2) is 16.6 Å². The number of halogens is 1. The summed E-state index contributed by atoms with van der Waals surface area (Å²) in [5.74, 6) is 0.858. The highest BCUT2D eigenvalue weighted by atomic mass is 79.9. The first-order valence-electron chi connectivity index (χ1n) is 4.62. The highest BCUT2D eigenvalue weighted by Crippen LogP contribution is 2.26. The van der Waals surface area contributed by atoms with E-state index in [9.17, 15) is 0 Å². The molecule has 0 bridgehead atoms. The Kier molecular flexibility index (Phi) is 4.42. The van der Waals surface area contributed by atoms with Gasteiger partial charge in [-0.25, -0.2) is 0 Å². The third-order valence-corrected chi connectivity index (χ3v) is 3.17. The van der Waals surface area contributed by atoms with E-state index in [1.807, 2.05) is 32.9 Å². The second-order valence-electron chi connectivity index (χ2n) is 3.13. The van der Waals surface area contributed by atoms with Crippen LogP contribution < -0.4 is 4.74 Å². The van der Waals surface area contributed by atoms with Gasteiger partial charge in [-0.3, -0.25) is 0 Å². The molecule has 14 heavy (non-hydrogen) atoms. The fraction of sp³-hybridized carbons (Fsp3) is 0.455. The second-order valence-corrected chi connectivity index (χ2v) is 3.92. The SMILES string of the molecule is CCOCOc1cc(C)c(Br)c(C)c1. The molecular formula is C11H15BrO2. The quantitative estimate of drug-likeness (QED) is 0.609. The van der Waals surface area contributed by atoms with Crippen LogP contribution in [0.5, 0.6) is 5.75 Å². The highest BCUT2D eigenvalue weighted by molar-refractivity contribution is 9.10. The molecule has 0 spiro atoms. The molecule has 1 rings (SSSR count). The number of rotatable bonds is 4. The Hall–Kier alpha value is -0.540. The normalized spacial score (nSPS) is 10.3. The molecule has 0 N–H and O–H groups in total. The van der Waals surface area contributed by atoms with E-state index in [1.54, 1.807) is 0 Å². The third-order valence-electron chi connectivity index (χ3n) is 1.92. The van der Waals surface area contributed by atoms with E-state index < -0.39 is 0 Å². The summed E-state index contributed by atoms with van der Waals surface area (Å²) in [4.78, 5) is 0. The van der Waals surface area contributed by atoms with Crippen molar-refractivity contribution >= 4 is 15.9 Å². The van der Waals surface area contributed by atoms with Crippen molar-refractivity contribution in [3.8, 4) is 5.75 Å². The predicted octanol–water partition coefficient (Wildman–Crippen LogP) is 3.44. The van der Waals surface area contributed by atoms with E-state index in [4.69, 9.17) is 9.47 Å². The van der Waals surface area contributed by atoms with Gasteiger partial charge < -0.3 is 9.47 Å². The van der Waals surface area contributed by atoms with Crippen LogP contribution in [-0.4, -0.2) is 13.4 Å². The molecule has 0 heterocycles. The minimum Gasteiger partial charge on any atom is -0.468 e. The van der Waals surface area contributed by atoms with Crippen LogP contribution in [0.1, 0.15) is 18.1 Å². The summed E-state index contributed by atoms with van der Waals surface area (Å²) in [6, 6.07) is 3.99. The van der Waals surface area contributed by atoms with E-state index in [2.05, 4.69) is 15.9 Å². The van der Waals surface area contributed by atoms with Gasteiger partial charge in [0.15, 0.2) is 6.79 Å². The topological polar surface area (TPSA) is 18.5 Å². The lowest BCUT2D eigenvalue weighted by Crippen LogP contribution is -2.02. The van der Waals surface area contributed by atoms with Crippen LogP contribution in [-0.2, 0) is 4.74 Å². The molecule has 78 valence electrons. The van der Waals surface area contributed by atoms with E-state index in [0.29, 0.717) is 13.4 Å². The third kappa shape index (κ3) is 3.00. The monoisotopic (exact) mass is 258 g/mol. The highest BCUT2D eigenvalue weighted by Gasteiger charge is 2.02. The predicted molar refractivity (Wildman–Crippen MR) is 60.7 cm³/mol. The lowest BCUT2D eigenvalue weighted by molar-refractivity contribution is 0.0223. The summed E-state index contributed by atoms with van der Waals surface area (Å²) in [6.07, 6.45) is 0. The smallest absolute Gasteiger partial charge is 0.189 e. The van der Waals surface area contributed by atoms with E-state index >= 15 is 0 Å². The molecule has 0 fully saturated rings. The fourth-order valence-corrected chi connectivity index (χ4v) is 1.41. The average molecular weight is 259 g/mol. The number of hydrogen-bond acceptors (Lipinski definition) is 2. The van der Waals surface area contributed by atoms with Crippen molar-refractivity contribution in [2.45, 2.75) is 20.8 Å². The molecule has 0 saturated carbocycles. The summed E-state index contributed by atoms with van der Waals surface area (Å²) in [5, 5.41) is 0.